The van der Waals surface area contributed by atoms with Crippen LogP contribution in [0.4, 0.5) is 0 Å². The van der Waals surface area contributed by atoms with Crippen molar-refractivity contribution in [2.75, 3.05) is 13.2 Å². The van der Waals surface area contributed by atoms with E-state index in [9.17, 15) is 14.7 Å². The highest BCUT2D eigenvalue weighted by Crippen LogP contribution is 2.39. The summed E-state index contributed by atoms with van der Waals surface area (Å²) in [5.74, 6) is 1.21. The summed E-state index contributed by atoms with van der Waals surface area (Å²) in [5.41, 5.74) is 10.8. The number of hydrogen-bond acceptors (Lipinski definition) is 6. The Kier molecular flexibility index (Phi) is 12.8. The number of carbonyl (C=O) groups excluding carboxylic acids is 1. The van der Waals surface area contributed by atoms with E-state index in [1.54, 1.807) is 6.20 Å². The van der Waals surface area contributed by atoms with Crippen LogP contribution in [0.15, 0.2) is 91.1 Å². The van der Waals surface area contributed by atoms with Gasteiger partial charge in [0.1, 0.15) is 23.6 Å². The molecule has 0 saturated heterocycles. The molecule has 4 atom stereocenters. The van der Waals surface area contributed by atoms with E-state index in [0.717, 1.165) is 89.2 Å². The molecule has 0 radical (unpaired) electrons. The molecule has 2 N–H and O–H groups in total. The fourth-order valence-electron chi connectivity index (χ4n) is 9.00. The zero-order valence-corrected chi connectivity index (χ0v) is 36.1. The lowest BCUT2D eigenvalue weighted by atomic mass is 9.83. The Hall–Kier alpha value is -4.89. The Morgan fingerprint density at radius 1 is 0.917 bits per heavy atom. The second-order valence-corrected chi connectivity index (χ2v) is 17.7. The lowest BCUT2D eigenvalue weighted by Gasteiger charge is -2.40. The van der Waals surface area contributed by atoms with Crippen molar-refractivity contribution in [3.63, 3.8) is 0 Å². The number of benzene rings is 4. The fraction of sp³-hybridized carbons (Fsp3) is 0.380. The summed E-state index contributed by atoms with van der Waals surface area (Å²) in [6, 6.07) is 26.9. The molecule has 2 aliphatic heterocycles. The Labute approximate surface area is 363 Å². The van der Waals surface area contributed by atoms with E-state index in [2.05, 4.69) is 65.4 Å². The maximum absolute atomic E-state index is 14.2. The normalized spacial score (nSPS) is 18.8. The highest BCUT2D eigenvalue weighted by atomic mass is 35.5. The number of amides is 1. The van der Waals surface area contributed by atoms with Crippen molar-refractivity contribution in [1.82, 2.24) is 15.2 Å². The minimum atomic E-state index is -1.05. The van der Waals surface area contributed by atoms with E-state index in [1.807, 2.05) is 55.5 Å². The monoisotopic (exact) mass is 845 g/mol. The molecule has 3 aliphatic rings. The largest absolute Gasteiger partial charge is 0.493 e. The molecule has 60 heavy (non-hydrogen) atoms. The van der Waals surface area contributed by atoms with Crippen molar-refractivity contribution in [3.05, 3.63) is 146 Å². The summed E-state index contributed by atoms with van der Waals surface area (Å²) >= 11 is 12.5. The van der Waals surface area contributed by atoms with Crippen molar-refractivity contribution in [2.24, 2.45) is 5.92 Å². The van der Waals surface area contributed by atoms with Gasteiger partial charge in [-0.15, -0.1) is 0 Å². The molecule has 1 amide bonds. The molecule has 3 heterocycles. The first kappa shape index (κ1) is 41.8. The van der Waals surface area contributed by atoms with Crippen molar-refractivity contribution in [2.45, 2.75) is 103 Å². The summed E-state index contributed by atoms with van der Waals surface area (Å²) < 4.78 is 12.8. The molecule has 8 nitrogen and oxygen atoms in total. The number of nitrogens with zero attached hydrogens (tertiary/aromatic N) is 2. The molecule has 312 valence electrons. The van der Waals surface area contributed by atoms with Crippen molar-refractivity contribution in [3.8, 4) is 22.6 Å². The van der Waals surface area contributed by atoms with Gasteiger partial charge in [0.05, 0.1) is 22.7 Å². The van der Waals surface area contributed by atoms with E-state index in [1.165, 1.54) is 23.1 Å². The Bertz CT molecular complexity index is 2350. The van der Waals surface area contributed by atoms with Crippen molar-refractivity contribution >= 4 is 35.1 Å². The van der Waals surface area contributed by atoms with Gasteiger partial charge in [-0.25, -0.2) is 4.79 Å². The number of carbonyl (C=O) groups is 2. The molecule has 4 aromatic carbocycles. The van der Waals surface area contributed by atoms with Crippen LogP contribution >= 0.6 is 23.2 Å². The van der Waals surface area contributed by atoms with Gasteiger partial charge in [0.25, 0.3) is 0 Å². The lowest BCUT2D eigenvalue weighted by molar-refractivity contribution is -0.143. The number of fused-ring (bicyclic) bond motifs is 2. The zero-order chi connectivity index (χ0) is 41.9. The molecular weight excluding hydrogens is 793 g/mol. The summed E-state index contributed by atoms with van der Waals surface area (Å²) in [6.45, 7) is 8.18. The zero-order valence-electron chi connectivity index (χ0n) is 34.6. The highest BCUT2D eigenvalue weighted by Gasteiger charge is 2.37. The van der Waals surface area contributed by atoms with Crippen molar-refractivity contribution < 1.29 is 24.2 Å². The lowest BCUT2D eigenvalue weighted by Crippen LogP contribution is -2.55. The number of aromatic nitrogens is 1. The first-order valence-electron chi connectivity index (χ1n) is 21.3. The summed E-state index contributed by atoms with van der Waals surface area (Å²) in [5, 5.41) is 14.3. The average Bonchev–Trinajstić information content (AvgIpc) is 3.44. The SMILES string of the molecule is CC[C@@H](Oc1ccc([C@@H]2CCOc3cc4c(cc3C2)CN(CC2CCC2)[C@H](C(=O)N[C@@H](Cc2ccc(-c3ccnc(C)c3C)cc2)C(=O)O)C4)cc1)c1ccc(Cl)c(Cl)c1. The first-order valence-corrected chi connectivity index (χ1v) is 22.1. The predicted octanol–water partition coefficient (Wildman–Crippen LogP) is 10.7. The minimum absolute atomic E-state index is 0.140. The standard InChI is InChI=1S/C50H53Cl2N3O5/c1-4-47(37-14-17-43(51)44(52)25-37)60-41-15-12-34(13-16-41)36-19-21-59-48-27-38-26-46(55(28-33-6-5-7-33)29-40(38)24-39(48)23-36)49(56)54-45(50(57)58)22-32-8-10-35(11-9-32)42-18-20-53-31(3)30(42)2/h8-18,20,24-25,27,33,36,45-47H,4-7,19,21-23,26,28-29H2,1-3H3,(H,54,56)(H,57,58)/t36-,45+,46+,47-/m1/s1. The number of aryl methyl sites for hydroxylation is 1. The third kappa shape index (κ3) is 9.36. The molecule has 1 aliphatic carbocycles. The predicted molar refractivity (Wildman–Crippen MR) is 237 cm³/mol. The number of rotatable bonds is 13. The maximum Gasteiger partial charge on any atom is 0.326 e. The molecule has 5 aromatic rings. The summed E-state index contributed by atoms with van der Waals surface area (Å²) in [6.07, 6.45) is 8.39. The number of nitrogens with one attached hydrogen (secondary N) is 1. The highest BCUT2D eigenvalue weighted by molar-refractivity contribution is 6.42. The van der Waals surface area contributed by atoms with Gasteiger partial charge in [0, 0.05) is 31.4 Å². The van der Waals surface area contributed by atoms with Crippen LogP contribution in [0, 0.1) is 19.8 Å². The molecular formula is C50H53Cl2N3O5. The van der Waals surface area contributed by atoms with Crippen LogP contribution in [-0.2, 0) is 35.4 Å². The van der Waals surface area contributed by atoms with Crippen LogP contribution in [0.2, 0.25) is 10.0 Å². The second-order valence-electron chi connectivity index (χ2n) is 16.8. The number of hydrogen-bond donors (Lipinski definition) is 2. The first-order chi connectivity index (χ1) is 29.0. The van der Waals surface area contributed by atoms with E-state index in [4.69, 9.17) is 32.7 Å². The van der Waals surface area contributed by atoms with Gasteiger partial charge < -0.3 is 19.9 Å². The van der Waals surface area contributed by atoms with Crippen LogP contribution < -0.4 is 14.8 Å². The second kappa shape index (κ2) is 18.4. The van der Waals surface area contributed by atoms with Crippen LogP contribution in [0.3, 0.4) is 0 Å². The van der Waals surface area contributed by atoms with Crippen LogP contribution in [-0.4, -0.2) is 52.1 Å². The topological polar surface area (TPSA) is 101 Å². The number of halogens is 2. The number of carboxylic acid groups (broad SMARTS) is 1. The van der Waals surface area contributed by atoms with Gasteiger partial charge in [-0.2, -0.15) is 0 Å². The van der Waals surface area contributed by atoms with Gasteiger partial charge >= 0.3 is 5.97 Å². The van der Waals surface area contributed by atoms with Crippen LogP contribution in [0.1, 0.15) is 95.7 Å². The maximum atomic E-state index is 14.2. The number of ether oxygens (including phenoxy) is 2. The smallest absolute Gasteiger partial charge is 0.326 e. The third-order valence-electron chi connectivity index (χ3n) is 12.9. The quantitative estimate of drug-likeness (QED) is 0.122. The van der Waals surface area contributed by atoms with Gasteiger partial charge in [-0.05, 0) is 151 Å². The van der Waals surface area contributed by atoms with Gasteiger partial charge in [0.2, 0.25) is 5.91 Å². The van der Waals surface area contributed by atoms with E-state index < -0.39 is 18.1 Å². The number of pyridine rings is 1. The molecule has 1 saturated carbocycles. The molecule has 1 aromatic heterocycles. The third-order valence-corrected chi connectivity index (χ3v) is 13.7. The average molecular weight is 847 g/mol. The van der Waals surface area contributed by atoms with Crippen molar-refractivity contribution in [1.29, 1.82) is 0 Å². The van der Waals surface area contributed by atoms with Crippen LogP contribution in [0.5, 0.6) is 11.5 Å². The molecule has 0 spiro atoms. The van der Waals surface area contributed by atoms with Gasteiger partial charge in [0.15, 0.2) is 0 Å². The van der Waals surface area contributed by atoms with E-state index in [-0.39, 0.29) is 24.3 Å². The molecule has 0 unspecified atom stereocenters. The van der Waals surface area contributed by atoms with E-state index in [0.29, 0.717) is 35.5 Å². The fourth-order valence-corrected chi connectivity index (χ4v) is 9.30. The number of aliphatic carboxylic acids is 1. The Balaban J connectivity index is 0.957. The molecule has 0 bridgehead atoms. The van der Waals surface area contributed by atoms with E-state index >= 15 is 0 Å². The Morgan fingerprint density at radius 3 is 2.40 bits per heavy atom. The molecule has 10 heteroatoms. The van der Waals surface area contributed by atoms with Gasteiger partial charge in [-0.1, -0.05) is 85.1 Å². The Morgan fingerprint density at radius 2 is 1.70 bits per heavy atom. The summed E-state index contributed by atoms with van der Waals surface area (Å²) in [7, 11) is 0. The summed E-state index contributed by atoms with van der Waals surface area (Å²) in [4.78, 5) is 33.5. The van der Waals surface area contributed by atoms with Gasteiger partial charge in [-0.3, -0.25) is 14.7 Å². The molecule has 1 fully saturated rings. The number of carboxylic acids is 1. The molecule has 8 rings (SSSR count). The minimum Gasteiger partial charge on any atom is -0.493 e. The van der Waals surface area contributed by atoms with Crippen LogP contribution in [0.25, 0.3) is 11.1 Å².